The van der Waals surface area contributed by atoms with Gasteiger partial charge in [-0.2, -0.15) is 18.3 Å². The minimum absolute atomic E-state index is 0.0501. The zero-order valence-electron chi connectivity index (χ0n) is 15.1. The van der Waals surface area contributed by atoms with Crippen molar-refractivity contribution in [1.29, 1.82) is 0 Å². The number of halogens is 3. The molecule has 0 fully saturated rings. The highest BCUT2D eigenvalue weighted by Crippen LogP contribution is 2.30. The number of rotatable bonds is 4. The van der Waals surface area contributed by atoms with Crippen LogP contribution in [0.5, 0.6) is 0 Å². The first-order valence-corrected chi connectivity index (χ1v) is 8.00. The van der Waals surface area contributed by atoms with E-state index in [-0.39, 0.29) is 11.4 Å². The van der Waals surface area contributed by atoms with Crippen molar-refractivity contribution in [2.75, 3.05) is 0 Å². The maximum absolute atomic E-state index is 12.9. The number of hydrogen-bond acceptors (Lipinski definition) is 6. The van der Waals surface area contributed by atoms with Gasteiger partial charge in [0.25, 0.3) is 5.91 Å². The Bertz CT molecular complexity index is 1030. The molecule has 12 heteroatoms. The average Bonchev–Trinajstić information content (AvgIpc) is 2.60. The normalized spacial score (nSPS) is 12.2. The number of amides is 3. The third-order valence-corrected chi connectivity index (χ3v) is 3.62. The number of nitrogens with one attached hydrogen (secondary N) is 1. The van der Waals surface area contributed by atoms with E-state index in [1.54, 1.807) is 5.32 Å². The number of esters is 1. The third-order valence-electron chi connectivity index (χ3n) is 3.62. The summed E-state index contributed by atoms with van der Waals surface area (Å²) in [6, 6.07) is 3.91. The van der Waals surface area contributed by atoms with Crippen molar-refractivity contribution in [3.05, 3.63) is 57.5 Å². The quantitative estimate of drug-likeness (QED) is 0.727. The molecule has 1 atom stereocenters. The molecule has 1 aromatic heterocycles. The van der Waals surface area contributed by atoms with Crippen LogP contribution in [0.4, 0.5) is 18.0 Å². The maximum atomic E-state index is 12.9. The van der Waals surface area contributed by atoms with Gasteiger partial charge in [-0.25, -0.2) is 14.3 Å². The van der Waals surface area contributed by atoms with Crippen molar-refractivity contribution in [2.45, 2.75) is 26.1 Å². The molecule has 1 aromatic carbocycles. The first kappa shape index (κ1) is 21.6. The van der Waals surface area contributed by atoms with Crippen LogP contribution in [0.3, 0.4) is 0 Å². The topological polar surface area (TPSA) is 133 Å². The molecule has 0 unspecified atom stereocenters. The predicted molar refractivity (Wildman–Crippen MR) is 92.2 cm³/mol. The number of urea groups is 1. The molecule has 9 nitrogen and oxygen atoms in total. The van der Waals surface area contributed by atoms with Gasteiger partial charge >= 0.3 is 18.2 Å². The molecule has 154 valence electrons. The first-order valence-electron chi connectivity index (χ1n) is 8.00. The van der Waals surface area contributed by atoms with Gasteiger partial charge in [-0.3, -0.25) is 14.9 Å². The highest BCUT2D eigenvalue weighted by molar-refractivity contribution is 5.97. The number of ether oxygens (including phenoxy) is 1. The number of nitrogens with two attached hydrogens (primary N) is 1. The molecule has 0 saturated heterocycles. The van der Waals surface area contributed by atoms with E-state index in [0.717, 1.165) is 35.9 Å². The van der Waals surface area contributed by atoms with Crippen LogP contribution in [0.25, 0.3) is 5.69 Å². The summed E-state index contributed by atoms with van der Waals surface area (Å²) in [5, 5.41) is 5.47. The van der Waals surface area contributed by atoms with Crippen molar-refractivity contribution in [3.8, 4) is 5.69 Å². The maximum Gasteiger partial charge on any atom is 0.416 e. The smallest absolute Gasteiger partial charge is 0.416 e. The Morgan fingerprint density at radius 3 is 2.48 bits per heavy atom. The van der Waals surface area contributed by atoms with Crippen molar-refractivity contribution >= 4 is 17.9 Å². The Hall–Kier alpha value is -3.70. The van der Waals surface area contributed by atoms with Crippen LogP contribution in [0.1, 0.15) is 28.7 Å². The van der Waals surface area contributed by atoms with Gasteiger partial charge in [-0.15, -0.1) is 0 Å². The van der Waals surface area contributed by atoms with Crippen LogP contribution in [-0.2, 0) is 15.7 Å². The Labute approximate surface area is 161 Å². The summed E-state index contributed by atoms with van der Waals surface area (Å²) in [5.41, 5.74) is 2.32. The highest BCUT2D eigenvalue weighted by atomic mass is 19.4. The summed E-state index contributed by atoms with van der Waals surface area (Å²) in [6.45, 7) is 2.53. The number of hydrogen-bond donors (Lipinski definition) is 2. The number of aromatic nitrogens is 2. The van der Waals surface area contributed by atoms with Crippen LogP contribution in [0.2, 0.25) is 0 Å². The van der Waals surface area contributed by atoms with Gasteiger partial charge in [0.1, 0.15) is 0 Å². The molecular formula is C17H15F3N4O5. The van der Waals surface area contributed by atoms with Gasteiger partial charge in [-0.05, 0) is 32.0 Å². The zero-order chi connectivity index (χ0) is 21.9. The molecule has 0 saturated carbocycles. The SMILES string of the molecule is Cc1cc(=O)c(C(=O)O[C@H](C)C(=O)NC(N)=O)nn1-c1cccc(C(F)(F)F)c1. The molecule has 29 heavy (non-hydrogen) atoms. The van der Waals surface area contributed by atoms with Crippen molar-refractivity contribution in [2.24, 2.45) is 5.73 Å². The number of nitrogens with zero attached hydrogens (tertiary/aromatic N) is 2. The molecule has 0 spiro atoms. The Morgan fingerprint density at radius 2 is 1.90 bits per heavy atom. The third kappa shape index (κ3) is 5.18. The van der Waals surface area contributed by atoms with E-state index in [4.69, 9.17) is 10.5 Å². The first-order chi connectivity index (χ1) is 13.4. The van der Waals surface area contributed by atoms with Gasteiger partial charge in [0.05, 0.1) is 11.3 Å². The van der Waals surface area contributed by atoms with Crippen molar-refractivity contribution < 1.29 is 32.3 Å². The number of carbonyl (C=O) groups excluding carboxylic acids is 3. The number of carbonyl (C=O) groups is 3. The summed E-state index contributed by atoms with van der Waals surface area (Å²) in [4.78, 5) is 46.5. The zero-order valence-corrected chi connectivity index (χ0v) is 15.1. The summed E-state index contributed by atoms with van der Waals surface area (Å²) >= 11 is 0. The van der Waals surface area contributed by atoms with E-state index < -0.39 is 46.9 Å². The van der Waals surface area contributed by atoms with E-state index in [9.17, 15) is 32.3 Å². The van der Waals surface area contributed by atoms with Crippen molar-refractivity contribution in [3.63, 3.8) is 0 Å². The number of aryl methyl sites for hydroxylation is 1. The van der Waals surface area contributed by atoms with Crippen LogP contribution >= 0.6 is 0 Å². The van der Waals surface area contributed by atoms with E-state index in [2.05, 4.69) is 5.10 Å². The molecule has 1 heterocycles. The van der Waals surface area contributed by atoms with Gasteiger partial charge in [0.15, 0.2) is 6.10 Å². The summed E-state index contributed by atoms with van der Waals surface area (Å²) < 4.78 is 44.6. The van der Waals surface area contributed by atoms with E-state index in [1.165, 1.54) is 13.0 Å². The second kappa shape index (κ2) is 8.12. The summed E-state index contributed by atoms with van der Waals surface area (Å²) in [6.07, 6.45) is -6.09. The number of imide groups is 1. The minimum atomic E-state index is -4.60. The molecule has 0 aliphatic rings. The minimum Gasteiger partial charge on any atom is -0.448 e. The predicted octanol–water partition coefficient (Wildman–Crippen LogP) is 1.30. The van der Waals surface area contributed by atoms with Crippen molar-refractivity contribution in [1.82, 2.24) is 15.1 Å². The van der Waals surface area contributed by atoms with Gasteiger partial charge in [0, 0.05) is 11.8 Å². The summed E-state index contributed by atoms with van der Waals surface area (Å²) in [7, 11) is 0. The van der Waals surface area contributed by atoms with Gasteiger partial charge in [-0.1, -0.05) is 6.07 Å². The molecule has 0 aliphatic carbocycles. The van der Waals surface area contributed by atoms with Crippen LogP contribution in [0, 0.1) is 6.92 Å². The Balaban J connectivity index is 2.39. The molecule has 0 aliphatic heterocycles. The average molecular weight is 412 g/mol. The molecule has 2 rings (SSSR count). The lowest BCUT2D eigenvalue weighted by Gasteiger charge is -2.14. The lowest BCUT2D eigenvalue weighted by atomic mass is 10.2. The Morgan fingerprint density at radius 1 is 1.24 bits per heavy atom. The fraction of sp³-hybridized carbons (Fsp3) is 0.235. The van der Waals surface area contributed by atoms with Gasteiger partial charge in [0.2, 0.25) is 11.1 Å². The number of alkyl halides is 3. The lowest BCUT2D eigenvalue weighted by molar-refractivity contribution is -0.137. The molecule has 0 bridgehead atoms. The number of primary amides is 1. The fourth-order valence-electron chi connectivity index (χ4n) is 2.26. The summed E-state index contributed by atoms with van der Waals surface area (Å²) in [5.74, 6) is -2.33. The second-order valence-electron chi connectivity index (χ2n) is 5.86. The van der Waals surface area contributed by atoms with Gasteiger partial charge < -0.3 is 10.5 Å². The fourth-order valence-corrected chi connectivity index (χ4v) is 2.26. The number of benzene rings is 1. The monoisotopic (exact) mass is 412 g/mol. The molecular weight excluding hydrogens is 397 g/mol. The Kier molecular flexibility index (Phi) is 6.05. The van der Waals surface area contributed by atoms with E-state index in [1.807, 2.05) is 0 Å². The van der Waals surface area contributed by atoms with E-state index >= 15 is 0 Å². The standard InChI is InChI=1S/C17H15F3N4O5/c1-8-6-12(25)13(15(27)29-9(2)14(26)22-16(21)28)23-24(8)11-5-3-4-10(7-11)17(18,19)20/h3-7,9H,1-2H3,(H3,21,22,26,28)/t9-/m1/s1. The van der Waals surface area contributed by atoms with E-state index in [0.29, 0.717) is 0 Å². The molecule has 2 aromatic rings. The van der Waals surface area contributed by atoms with Crippen LogP contribution in [0.15, 0.2) is 35.1 Å². The molecule has 3 N–H and O–H groups in total. The highest BCUT2D eigenvalue weighted by Gasteiger charge is 2.31. The van der Waals surface area contributed by atoms with Crippen LogP contribution < -0.4 is 16.5 Å². The second-order valence-corrected chi connectivity index (χ2v) is 5.86. The lowest BCUT2D eigenvalue weighted by Crippen LogP contribution is -2.42. The molecule has 3 amide bonds. The largest absolute Gasteiger partial charge is 0.448 e. The molecule has 0 radical (unpaired) electrons. The van der Waals surface area contributed by atoms with Crippen LogP contribution in [-0.4, -0.2) is 33.8 Å².